The molecule has 2 fully saturated rings. The third-order valence-electron chi connectivity index (χ3n) is 9.03. The Morgan fingerprint density at radius 3 is 2.65 bits per heavy atom. The number of carbonyl (C=O) groups is 1. The first kappa shape index (κ1) is 31.8. The minimum atomic E-state index is -0.397. The first-order valence-electron chi connectivity index (χ1n) is 16.1. The Morgan fingerprint density at radius 2 is 1.88 bits per heavy atom. The number of nitriles is 1. The highest BCUT2D eigenvalue weighted by Gasteiger charge is 2.26. The highest BCUT2D eigenvalue weighted by Crippen LogP contribution is 2.30. The number of rotatable bonds is 10. The number of carbonyl (C=O) groups excluding carboxylic acids is 1. The van der Waals surface area contributed by atoms with Crippen molar-refractivity contribution >= 4 is 34.2 Å². The van der Waals surface area contributed by atoms with Crippen molar-refractivity contribution in [3.8, 4) is 11.9 Å². The number of anilines is 1. The molecule has 244 valence electrons. The monoisotopic (exact) mass is 664 g/mol. The van der Waals surface area contributed by atoms with Crippen LogP contribution < -0.4 is 10.1 Å². The van der Waals surface area contributed by atoms with Gasteiger partial charge in [-0.2, -0.15) is 5.26 Å². The van der Waals surface area contributed by atoms with Crippen LogP contribution in [0, 0.1) is 17.1 Å². The summed E-state index contributed by atoms with van der Waals surface area (Å²) in [6.07, 6.45) is 3.06. The van der Waals surface area contributed by atoms with E-state index >= 15 is 0 Å². The van der Waals surface area contributed by atoms with E-state index in [-0.39, 0.29) is 18.6 Å². The number of piperidine rings is 1. The van der Waals surface area contributed by atoms with E-state index < -0.39 is 5.82 Å². The molecule has 1 amide bonds. The molecule has 9 nitrogen and oxygen atoms in total. The van der Waals surface area contributed by atoms with Crippen LogP contribution in [0.15, 0.2) is 78.9 Å². The van der Waals surface area contributed by atoms with Crippen molar-refractivity contribution in [3.05, 3.63) is 118 Å². The van der Waals surface area contributed by atoms with Gasteiger partial charge in [0.25, 0.3) is 5.91 Å². The Labute approximate surface area is 282 Å². The van der Waals surface area contributed by atoms with Crippen molar-refractivity contribution < 1.29 is 18.7 Å². The molecule has 0 spiro atoms. The van der Waals surface area contributed by atoms with Gasteiger partial charge in [-0.3, -0.25) is 9.69 Å². The third kappa shape index (κ3) is 7.19. The highest BCUT2D eigenvalue weighted by atomic mass is 35.5. The predicted molar refractivity (Wildman–Crippen MR) is 180 cm³/mol. The summed E-state index contributed by atoms with van der Waals surface area (Å²) in [6.45, 7) is 4.06. The van der Waals surface area contributed by atoms with Gasteiger partial charge in [-0.05, 0) is 86.9 Å². The molecule has 2 aliphatic rings. The molecular weight excluding hydrogens is 631 g/mol. The summed E-state index contributed by atoms with van der Waals surface area (Å²) >= 11 is 5.87. The van der Waals surface area contributed by atoms with Gasteiger partial charge in [-0.1, -0.05) is 29.8 Å². The van der Waals surface area contributed by atoms with Crippen LogP contribution in [0.25, 0.3) is 11.0 Å². The van der Waals surface area contributed by atoms with Crippen molar-refractivity contribution in [1.82, 2.24) is 19.4 Å². The van der Waals surface area contributed by atoms with Gasteiger partial charge in [0, 0.05) is 46.1 Å². The van der Waals surface area contributed by atoms with Gasteiger partial charge >= 0.3 is 0 Å². The number of pyridine rings is 1. The lowest BCUT2D eigenvalue weighted by atomic mass is 9.93. The maximum absolute atomic E-state index is 14.2. The molecule has 1 N–H and O–H groups in total. The number of amides is 1. The van der Waals surface area contributed by atoms with Gasteiger partial charge < -0.3 is 19.4 Å². The SMILES string of the molecule is N#Cc1cccc(C(=O)Nc2ccc3c(c2)nc(CN2CCC(c4cccc(OCc5ccc(Cl)cc5F)n4)CC2)n3C[C@@H]2CCO2)c1. The maximum Gasteiger partial charge on any atom is 0.255 e. The number of fused-ring (bicyclic) bond motifs is 1. The van der Waals surface area contributed by atoms with Crippen molar-refractivity contribution in [2.24, 2.45) is 0 Å². The summed E-state index contributed by atoms with van der Waals surface area (Å²) < 4.78 is 28.1. The van der Waals surface area contributed by atoms with Crippen LogP contribution in [0.3, 0.4) is 0 Å². The van der Waals surface area contributed by atoms with Gasteiger partial charge in [0.15, 0.2) is 0 Å². The normalized spacial score (nSPS) is 16.7. The number of ether oxygens (including phenoxy) is 2. The van der Waals surface area contributed by atoms with Crippen molar-refractivity contribution in [2.75, 3.05) is 25.0 Å². The molecule has 0 bridgehead atoms. The zero-order valence-electron chi connectivity index (χ0n) is 26.2. The Bertz CT molecular complexity index is 2000. The summed E-state index contributed by atoms with van der Waals surface area (Å²) in [5, 5.41) is 12.5. The number of imidazole rings is 1. The molecule has 0 unspecified atom stereocenters. The summed E-state index contributed by atoms with van der Waals surface area (Å²) in [6, 6.07) is 24.8. The van der Waals surface area contributed by atoms with E-state index in [2.05, 4.69) is 20.9 Å². The van der Waals surface area contributed by atoms with Crippen LogP contribution in [-0.4, -0.2) is 51.1 Å². The number of aromatic nitrogens is 3. The van der Waals surface area contributed by atoms with Gasteiger partial charge in [0.2, 0.25) is 5.88 Å². The third-order valence-corrected chi connectivity index (χ3v) is 9.26. The smallest absolute Gasteiger partial charge is 0.255 e. The molecule has 2 aromatic heterocycles. The number of hydrogen-bond acceptors (Lipinski definition) is 7. The zero-order chi connectivity index (χ0) is 33.0. The first-order chi connectivity index (χ1) is 23.4. The fourth-order valence-corrected chi connectivity index (χ4v) is 6.42. The van der Waals surface area contributed by atoms with Crippen LogP contribution in [0.2, 0.25) is 5.02 Å². The van der Waals surface area contributed by atoms with E-state index in [9.17, 15) is 14.4 Å². The van der Waals surface area contributed by atoms with Crippen LogP contribution in [0.5, 0.6) is 5.88 Å². The Hall–Kier alpha value is -4.82. The fourth-order valence-electron chi connectivity index (χ4n) is 6.26. The topological polar surface area (TPSA) is 105 Å². The quantitative estimate of drug-likeness (QED) is 0.170. The van der Waals surface area contributed by atoms with Crippen molar-refractivity contribution in [3.63, 3.8) is 0 Å². The van der Waals surface area contributed by atoms with Gasteiger partial charge in [-0.15, -0.1) is 0 Å². The average Bonchev–Trinajstić information content (AvgIpc) is 3.42. The minimum absolute atomic E-state index is 0.0782. The summed E-state index contributed by atoms with van der Waals surface area (Å²) in [5.41, 5.74) is 4.72. The van der Waals surface area contributed by atoms with Crippen LogP contribution >= 0.6 is 11.6 Å². The zero-order valence-corrected chi connectivity index (χ0v) is 27.0. The second kappa shape index (κ2) is 14.1. The molecule has 3 aromatic carbocycles. The summed E-state index contributed by atoms with van der Waals surface area (Å²) in [5.74, 6) is 1.05. The molecule has 5 aromatic rings. The summed E-state index contributed by atoms with van der Waals surface area (Å²) in [4.78, 5) is 25.1. The highest BCUT2D eigenvalue weighted by molar-refractivity contribution is 6.30. The molecule has 0 radical (unpaired) electrons. The van der Waals surface area contributed by atoms with Gasteiger partial charge in [-0.25, -0.2) is 14.4 Å². The number of nitrogens with zero attached hydrogens (tertiary/aromatic N) is 5. The first-order valence-corrected chi connectivity index (χ1v) is 16.5. The van der Waals surface area contributed by atoms with Gasteiger partial charge in [0.1, 0.15) is 18.2 Å². The van der Waals surface area contributed by atoms with E-state index in [1.54, 1.807) is 42.5 Å². The lowest BCUT2D eigenvalue weighted by Crippen LogP contribution is -2.35. The standard InChI is InChI=1S/C37H34ClFN6O3/c38-28-8-7-27(31(39)18-28)23-48-36-6-2-5-32(43-36)25-11-14-44(15-12-25)22-35-42-33-19-29(9-10-34(33)45(35)21-30-13-16-47-30)41-37(46)26-4-1-3-24(17-26)20-40/h1-10,17-19,25,30H,11-16,21-23H2,(H,41,46)/t30-/m0/s1. The number of halogens is 2. The second-order valence-corrected chi connectivity index (χ2v) is 12.7. The van der Waals surface area contributed by atoms with E-state index in [0.29, 0.717) is 45.7 Å². The lowest BCUT2D eigenvalue weighted by Gasteiger charge is -2.32. The van der Waals surface area contributed by atoms with E-state index in [1.807, 2.05) is 30.3 Å². The fraction of sp³-hybridized carbons (Fsp3) is 0.297. The minimum Gasteiger partial charge on any atom is -0.473 e. The molecule has 48 heavy (non-hydrogen) atoms. The Balaban J connectivity index is 1.01. The number of likely N-dealkylation sites (tertiary alicyclic amines) is 1. The van der Waals surface area contributed by atoms with E-state index in [1.165, 1.54) is 6.07 Å². The largest absolute Gasteiger partial charge is 0.473 e. The molecule has 0 aliphatic carbocycles. The van der Waals surface area contributed by atoms with E-state index in [0.717, 1.165) is 68.1 Å². The van der Waals surface area contributed by atoms with Crippen LogP contribution in [0.1, 0.15) is 58.2 Å². The van der Waals surface area contributed by atoms with Gasteiger partial charge in [0.05, 0.1) is 41.9 Å². The van der Waals surface area contributed by atoms with Crippen molar-refractivity contribution in [1.29, 1.82) is 5.26 Å². The molecule has 1 atom stereocenters. The van der Waals surface area contributed by atoms with Crippen LogP contribution in [-0.2, 0) is 24.4 Å². The van der Waals surface area contributed by atoms with Crippen molar-refractivity contribution in [2.45, 2.75) is 51.0 Å². The summed E-state index contributed by atoms with van der Waals surface area (Å²) in [7, 11) is 0. The second-order valence-electron chi connectivity index (χ2n) is 12.2. The molecule has 0 saturated carbocycles. The number of hydrogen-bond donors (Lipinski definition) is 1. The lowest BCUT2D eigenvalue weighted by molar-refractivity contribution is -0.0592. The van der Waals surface area contributed by atoms with E-state index in [4.69, 9.17) is 31.0 Å². The molecule has 2 aliphatic heterocycles. The number of nitrogens with one attached hydrogen (secondary N) is 1. The predicted octanol–water partition coefficient (Wildman–Crippen LogP) is 7.10. The van der Waals surface area contributed by atoms with Crippen LogP contribution in [0.4, 0.5) is 10.1 Å². The molecule has 2 saturated heterocycles. The maximum atomic E-state index is 14.2. The Morgan fingerprint density at radius 1 is 1.04 bits per heavy atom. The number of benzene rings is 3. The molecule has 11 heteroatoms. The molecule has 4 heterocycles. The molecular formula is C37H34ClFN6O3. The molecule has 7 rings (SSSR count). The Kier molecular flexibility index (Phi) is 9.34. The average molecular weight is 665 g/mol.